The van der Waals surface area contributed by atoms with E-state index < -0.39 is 0 Å². The molecule has 0 fully saturated rings. The number of aliphatic imine (C=N–C) groups is 1. The van der Waals surface area contributed by atoms with E-state index in [4.69, 9.17) is 11.5 Å². The number of anilines is 1. The Kier molecular flexibility index (Phi) is 1.57. The second kappa shape index (κ2) is 2.38. The molecule has 5 nitrogen and oxygen atoms in total. The van der Waals surface area contributed by atoms with Gasteiger partial charge in [-0.1, -0.05) is 0 Å². The third-order valence-corrected chi connectivity index (χ3v) is 0.936. The van der Waals surface area contributed by atoms with Gasteiger partial charge in [-0.05, 0) is 6.92 Å². The molecule has 0 amide bonds. The smallest absolute Gasteiger partial charge is 0.173 e. The van der Waals surface area contributed by atoms with Crippen LogP contribution in [-0.4, -0.2) is 16.0 Å². The van der Waals surface area contributed by atoms with Crippen molar-refractivity contribution in [2.45, 2.75) is 6.92 Å². The molecular formula is C5H9N5. The number of H-pyrrole nitrogens is 1. The van der Waals surface area contributed by atoms with E-state index in [1.807, 2.05) is 0 Å². The van der Waals surface area contributed by atoms with E-state index in [1.54, 1.807) is 6.92 Å². The average Bonchev–Trinajstić information content (AvgIpc) is 2.15. The number of hydrogen-bond donors (Lipinski definition) is 3. The van der Waals surface area contributed by atoms with Crippen LogP contribution >= 0.6 is 0 Å². The number of nitrogens with two attached hydrogens (primary N) is 2. The number of rotatable bonds is 1. The van der Waals surface area contributed by atoms with Crippen LogP contribution in [0, 0.1) is 0 Å². The van der Waals surface area contributed by atoms with Crippen molar-refractivity contribution in [2.75, 3.05) is 5.73 Å². The van der Waals surface area contributed by atoms with Gasteiger partial charge in [0.05, 0.1) is 17.7 Å². The van der Waals surface area contributed by atoms with Crippen molar-refractivity contribution in [3.63, 3.8) is 0 Å². The lowest BCUT2D eigenvalue weighted by molar-refractivity contribution is 1.08. The van der Waals surface area contributed by atoms with Gasteiger partial charge in [0.1, 0.15) is 0 Å². The Morgan fingerprint density at radius 3 is 2.90 bits per heavy atom. The summed E-state index contributed by atoms with van der Waals surface area (Å²) >= 11 is 0. The summed E-state index contributed by atoms with van der Waals surface area (Å²) in [6.45, 7) is 1.68. The number of nitrogens with one attached hydrogen (secondary N) is 1. The van der Waals surface area contributed by atoms with E-state index >= 15 is 0 Å². The molecule has 0 radical (unpaired) electrons. The second-order valence-electron chi connectivity index (χ2n) is 1.93. The van der Waals surface area contributed by atoms with Crippen LogP contribution in [0.5, 0.6) is 0 Å². The Morgan fingerprint density at radius 2 is 2.50 bits per heavy atom. The van der Waals surface area contributed by atoms with Crippen molar-refractivity contribution in [2.24, 2.45) is 10.7 Å². The summed E-state index contributed by atoms with van der Waals surface area (Å²) in [5.41, 5.74) is 11.2. The predicted molar refractivity (Wildman–Crippen MR) is 40.0 cm³/mol. The minimum absolute atomic E-state index is 0.455. The third kappa shape index (κ3) is 1.25. The zero-order valence-corrected chi connectivity index (χ0v) is 5.63. The van der Waals surface area contributed by atoms with Crippen molar-refractivity contribution in [1.29, 1.82) is 0 Å². The lowest BCUT2D eigenvalue weighted by Gasteiger charge is -1.89. The van der Waals surface area contributed by atoms with Gasteiger partial charge in [-0.25, -0.2) is 4.99 Å². The van der Waals surface area contributed by atoms with Crippen LogP contribution < -0.4 is 11.5 Å². The minimum Gasteiger partial charge on any atom is -0.394 e. The van der Waals surface area contributed by atoms with E-state index in [-0.39, 0.29) is 0 Å². The van der Waals surface area contributed by atoms with Gasteiger partial charge < -0.3 is 11.5 Å². The molecule has 1 aromatic rings. The maximum atomic E-state index is 5.43. The molecule has 5 heteroatoms. The monoisotopic (exact) mass is 139 g/mol. The zero-order valence-electron chi connectivity index (χ0n) is 5.63. The summed E-state index contributed by atoms with van der Waals surface area (Å²) in [6.07, 6.45) is 1.49. The van der Waals surface area contributed by atoms with E-state index in [1.165, 1.54) is 6.20 Å². The molecular weight excluding hydrogens is 130 g/mol. The maximum Gasteiger partial charge on any atom is 0.173 e. The molecule has 0 aliphatic rings. The summed E-state index contributed by atoms with van der Waals surface area (Å²) in [5.74, 6) is 0.968. The molecule has 0 saturated carbocycles. The fraction of sp³-hybridized carbons (Fsp3) is 0.200. The number of amidine groups is 1. The lowest BCUT2D eigenvalue weighted by atomic mass is 10.5. The highest BCUT2D eigenvalue weighted by atomic mass is 15.2. The molecule has 0 bridgehead atoms. The van der Waals surface area contributed by atoms with Crippen molar-refractivity contribution in [3.05, 3.63) is 6.20 Å². The Morgan fingerprint density at radius 1 is 1.80 bits per heavy atom. The lowest BCUT2D eigenvalue weighted by Crippen LogP contribution is -2.04. The fourth-order valence-corrected chi connectivity index (χ4v) is 0.555. The summed E-state index contributed by atoms with van der Waals surface area (Å²) in [7, 11) is 0. The fourth-order valence-electron chi connectivity index (χ4n) is 0.555. The molecule has 10 heavy (non-hydrogen) atoms. The van der Waals surface area contributed by atoms with Crippen LogP contribution in [0.15, 0.2) is 11.2 Å². The normalized spacial score (nSPS) is 11.9. The molecule has 1 aromatic heterocycles. The van der Waals surface area contributed by atoms with Gasteiger partial charge in [0.25, 0.3) is 0 Å². The van der Waals surface area contributed by atoms with E-state index in [9.17, 15) is 0 Å². The number of hydrogen-bond acceptors (Lipinski definition) is 3. The quantitative estimate of drug-likeness (QED) is 0.377. The molecule has 1 heterocycles. The molecule has 0 saturated heterocycles. The molecule has 54 valence electrons. The molecule has 0 aliphatic carbocycles. The predicted octanol–water partition coefficient (Wildman–Crippen LogP) is 0.000500. The van der Waals surface area contributed by atoms with E-state index in [0.717, 1.165) is 0 Å². The molecule has 1 rings (SSSR count). The summed E-state index contributed by atoms with van der Waals surface area (Å²) < 4.78 is 0. The van der Waals surface area contributed by atoms with Crippen LogP contribution in [0.25, 0.3) is 0 Å². The van der Waals surface area contributed by atoms with E-state index in [2.05, 4.69) is 15.2 Å². The SMILES string of the molecule is C/C(N)=N/c1[nH]ncc1N. The third-order valence-electron chi connectivity index (χ3n) is 0.936. The summed E-state index contributed by atoms with van der Waals surface area (Å²) in [5, 5.41) is 6.26. The zero-order chi connectivity index (χ0) is 7.56. The second-order valence-corrected chi connectivity index (χ2v) is 1.93. The highest BCUT2D eigenvalue weighted by Crippen LogP contribution is 2.15. The number of nitrogen functional groups attached to an aromatic ring is 1. The largest absolute Gasteiger partial charge is 0.394 e. The number of aromatic amines is 1. The Balaban J connectivity index is 2.95. The van der Waals surface area contributed by atoms with Gasteiger partial charge in [0, 0.05) is 0 Å². The standard InChI is InChI=1S/C5H9N5/c1-3(6)9-5-4(7)2-8-10-5/h2H,7H2,1H3,(H3,6,8,9,10). The van der Waals surface area contributed by atoms with Crippen molar-refractivity contribution in [3.8, 4) is 0 Å². The molecule has 0 aliphatic heterocycles. The summed E-state index contributed by atoms with van der Waals surface area (Å²) in [4.78, 5) is 3.87. The molecule has 0 atom stereocenters. The van der Waals surface area contributed by atoms with Crippen LogP contribution in [0.4, 0.5) is 11.5 Å². The van der Waals surface area contributed by atoms with Crippen LogP contribution in [0.2, 0.25) is 0 Å². The number of aromatic nitrogens is 2. The highest BCUT2D eigenvalue weighted by Gasteiger charge is 1.96. The first-order valence-corrected chi connectivity index (χ1v) is 2.80. The van der Waals surface area contributed by atoms with Gasteiger partial charge in [0.15, 0.2) is 5.82 Å². The van der Waals surface area contributed by atoms with Crippen molar-refractivity contribution in [1.82, 2.24) is 10.2 Å². The van der Waals surface area contributed by atoms with Gasteiger partial charge in [-0.3, -0.25) is 5.10 Å². The van der Waals surface area contributed by atoms with Gasteiger partial charge in [0.2, 0.25) is 0 Å². The first-order chi connectivity index (χ1) is 4.70. The van der Waals surface area contributed by atoms with Crippen molar-refractivity contribution >= 4 is 17.3 Å². The van der Waals surface area contributed by atoms with Gasteiger partial charge in [-0.2, -0.15) is 5.10 Å². The van der Waals surface area contributed by atoms with Gasteiger partial charge >= 0.3 is 0 Å². The van der Waals surface area contributed by atoms with Crippen LogP contribution in [-0.2, 0) is 0 Å². The minimum atomic E-state index is 0.455. The van der Waals surface area contributed by atoms with Crippen molar-refractivity contribution < 1.29 is 0 Å². The highest BCUT2D eigenvalue weighted by molar-refractivity contribution is 5.81. The summed E-state index contributed by atoms with van der Waals surface area (Å²) in [6, 6.07) is 0. The number of nitrogens with zero attached hydrogens (tertiary/aromatic N) is 2. The topological polar surface area (TPSA) is 93.1 Å². The van der Waals surface area contributed by atoms with Gasteiger partial charge in [-0.15, -0.1) is 0 Å². The Hall–Kier alpha value is -1.52. The van der Waals surface area contributed by atoms with E-state index in [0.29, 0.717) is 17.3 Å². The molecule has 0 spiro atoms. The molecule has 0 aromatic carbocycles. The Labute approximate surface area is 58.1 Å². The molecule has 5 N–H and O–H groups in total. The first kappa shape index (κ1) is 6.60. The first-order valence-electron chi connectivity index (χ1n) is 2.80. The maximum absolute atomic E-state index is 5.43. The molecule has 0 unspecified atom stereocenters. The average molecular weight is 139 g/mol. The van der Waals surface area contributed by atoms with Crippen LogP contribution in [0.3, 0.4) is 0 Å². The Bertz CT molecular complexity index is 244. The van der Waals surface area contributed by atoms with Crippen LogP contribution in [0.1, 0.15) is 6.92 Å².